The summed E-state index contributed by atoms with van der Waals surface area (Å²) in [5.74, 6) is 0.152. The highest BCUT2D eigenvalue weighted by Gasteiger charge is 2.27. The van der Waals surface area contributed by atoms with Crippen LogP contribution in [0.1, 0.15) is 17.7 Å². The number of carbonyl (C=O) groups excluding carboxylic acids is 1. The van der Waals surface area contributed by atoms with Gasteiger partial charge in [-0.1, -0.05) is 12.1 Å². The molecule has 1 aromatic heterocycles. The van der Waals surface area contributed by atoms with E-state index in [1.165, 1.54) is 0 Å². The number of pyridine rings is 1. The number of Topliss-reactive ketones (excluding diaryl/α,β-unsaturated/α-hetero) is 1. The van der Waals surface area contributed by atoms with Crippen molar-refractivity contribution in [2.24, 2.45) is 0 Å². The summed E-state index contributed by atoms with van der Waals surface area (Å²) in [7, 11) is 0. The maximum absolute atomic E-state index is 12.2. The fourth-order valence-corrected chi connectivity index (χ4v) is 2.46. The zero-order chi connectivity index (χ0) is 12.0. The van der Waals surface area contributed by atoms with E-state index in [1.54, 1.807) is 6.07 Å². The zero-order valence-corrected chi connectivity index (χ0v) is 9.27. The Labute approximate surface area is 98.2 Å². The number of fused-ring (bicyclic) bond motifs is 2. The smallest absolute Gasteiger partial charge is 0.226 e. The van der Waals surface area contributed by atoms with E-state index >= 15 is 0 Å². The Hall–Kier alpha value is -2.10. The molecule has 1 aliphatic carbocycles. The molecule has 0 spiro atoms. The monoisotopic (exact) mass is 228 g/mol. The van der Waals surface area contributed by atoms with Crippen molar-refractivity contribution >= 4 is 22.4 Å². The molecule has 2 N–H and O–H groups in total. The predicted molar refractivity (Wildman–Crippen MR) is 64.4 cm³/mol. The van der Waals surface area contributed by atoms with Crippen molar-refractivity contribution in [3.8, 4) is 0 Å². The van der Waals surface area contributed by atoms with Gasteiger partial charge in [0.25, 0.3) is 0 Å². The number of hydrogen-bond acceptors (Lipinski definition) is 3. The van der Waals surface area contributed by atoms with Crippen molar-refractivity contribution in [1.82, 2.24) is 0 Å². The lowest BCUT2D eigenvalue weighted by Crippen LogP contribution is -2.37. The summed E-state index contributed by atoms with van der Waals surface area (Å²) in [4.78, 5) is 11.5. The molecule has 0 aliphatic heterocycles. The van der Waals surface area contributed by atoms with Crippen LogP contribution in [0.2, 0.25) is 0 Å². The molecule has 0 fully saturated rings. The average molecular weight is 228 g/mol. The summed E-state index contributed by atoms with van der Waals surface area (Å²) >= 11 is 0. The molecule has 4 heteroatoms. The van der Waals surface area contributed by atoms with E-state index in [2.05, 4.69) is 0 Å². The lowest BCUT2D eigenvalue weighted by Gasteiger charge is -2.18. The van der Waals surface area contributed by atoms with Gasteiger partial charge in [0.05, 0.1) is 16.6 Å². The van der Waals surface area contributed by atoms with Gasteiger partial charge in [0, 0.05) is 25.3 Å². The summed E-state index contributed by atoms with van der Waals surface area (Å²) in [6.45, 7) is 0. The fraction of sp³-hybridized carbons (Fsp3) is 0.231. The van der Waals surface area contributed by atoms with Crippen molar-refractivity contribution in [2.75, 3.05) is 5.73 Å². The summed E-state index contributed by atoms with van der Waals surface area (Å²) in [6, 6.07) is 7.24. The van der Waals surface area contributed by atoms with Crippen LogP contribution in [0.15, 0.2) is 24.3 Å². The minimum atomic E-state index is 0.152. The first-order valence-corrected chi connectivity index (χ1v) is 5.61. The Morgan fingerprint density at radius 1 is 1.24 bits per heavy atom. The number of anilines is 1. The van der Waals surface area contributed by atoms with Crippen molar-refractivity contribution in [3.63, 3.8) is 0 Å². The second kappa shape index (κ2) is 3.45. The molecule has 0 amide bonds. The highest BCUT2D eigenvalue weighted by atomic mass is 16.5. The number of nitrogens with zero attached hydrogens (tertiary/aromatic N) is 1. The lowest BCUT2D eigenvalue weighted by atomic mass is 9.92. The van der Waals surface area contributed by atoms with Crippen LogP contribution in [0.4, 0.5) is 5.69 Å². The Morgan fingerprint density at radius 2 is 2.00 bits per heavy atom. The first-order valence-electron chi connectivity index (χ1n) is 5.61. The number of carbonyl (C=O) groups is 1. The SMILES string of the molecule is Nc1c2c([n+]([O-])c3ccccc13)CCC(=O)C2. The third-order valence-corrected chi connectivity index (χ3v) is 3.35. The van der Waals surface area contributed by atoms with E-state index in [-0.39, 0.29) is 12.2 Å². The van der Waals surface area contributed by atoms with Gasteiger partial charge in [0.15, 0.2) is 5.69 Å². The van der Waals surface area contributed by atoms with Gasteiger partial charge in [-0.15, -0.1) is 0 Å². The summed E-state index contributed by atoms with van der Waals surface area (Å²) in [6.07, 6.45) is 1.22. The predicted octanol–water partition coefficient (Wildman–Crippen LogP) is 1.11. The number of nitrogens with two attached hydrogens (primary N) is 1. The van der Waals surface area contributed by atoms with Gasteiger partial charge >= 0.3 is 0 Å². The van der Waals surface area contributed by atoms with Crippen LogP contribution in [-0.2, 0) is 17.6 Å². The maximum atomic E-state index is 12.2. The number of rotatable bonds is 0. The largest absolute Gasteiger partial charge is 0.618 e. The van der Waals surface area contributed by atoms with Gasteiger partial charge in [-0.05, 0) is 6.07 Å². The van der Waals surface area contributed by atoms with Crippen molar-refractivity contribution in [1.29, 1.82) is 0 Å². The molecule has 0 radical (unpaired) electrons. The molecule has 3 rings (SSSR count). The van der Waals surface area contributed by atoms with Gasteiger partial charge in [-0.2, -0.15) is 4.73 Å². The van der Waals surface area contributed by atoms with Crippen molar-refractivity contribution in [2.45, 2.75) is 19.3 Å². The molecule has 0 atom stereocenters. The molecule has 1 aromatic carbocycles. The Kier molecular flexibility index (Phi) is 2.04. The number of aromatic nitrogens is 1. The zero-order valence-electron chi connectivity index (χ0n) is 9.27. The normalized spacial score (nSPS) is 14.9. The molecular weight excluding hydrogens is 216 g/mol. The van der Waals surface area contributed by atoms with Gasteiger partial charge < -0.3 is 10.9 Å². The summed E-state index contributed by atoms with van der Waals surface area (Å²) in [5, 5.41) is 12.9. The molecule has 17 heavy (non-hydrogen) atoms. The topological polar surface area (TPSA) is 70.0 Å². The molecule has 4 nitrogen and oxygen atoms in total. The van der Waals surface area contributed by atoms with Gasteiger partial charge in [-0.25, -0.2) is 0 Å². The molecule has 2 aromatic rings. The molecule has 0 bridgehead atoms. The minimum Gasteiger partial charge on any atom is -0.618 e. The summed E-state index contributed by atoms with van der Waals surface area (Å²) in [5.41, 5.74) is 8.60. The van der Waals surface area contributed by atoms with Crippen LogP contribution in [0.3, 0.4) is 0 Å². The van der Waals surface area contributed by atoms with E-state index in [4.69, 9.17) is 5.73 Å². The van der Waals surface area contributed by atoms with Crippen LogP contribution < -0.4 is 10.5 Å². The average Bonchev–Trinajstić information content (AvgIpc) is 2.36. The molecule has 1 heterocycles. The lowest BCUT2D eigenvalue weighted by molar-refractivity contribution is -0.586. The number of nitrogen functional groups attached to an aromatic ring is 1. The number of para-hydroxylation sites is 1. The second-order valence-electron chi connectivity index (χ2n) is 4.37. The van der Waals surface area contributed by atoms with E-state index < -0.39 is 0 Å². The molecule has 0 saturated heterocycles. The van der Waals surface area contributed by atoms with Crippen LogP contribution >= 0.6 is 0 Å². The Balaban J connectivity index is 2.41. The van der Waals surface area contributed by atoms with E-state index in [0.29, 0.717) is 29.7 Å². The van der Waals surface area contributed by atoms with E-state index in [0.717, 1.165) is 15.7 Å². The molecule has 0 saturated carbocycles. The fourth-order valence-electron chi connectivity index (χ4n) is 2.46. The van der Waals surface area contributed by atoms with Crippen molar-refractivity contribution < 1.29 is 9.52 Å². The van der Waals surface area contributed by atoms with E-state index in [1.807, 2.05) is 18.2 Å². The van der Waals surface area contributed by atoms with Crippen LogP contribution in [-0.4, -0.2) is 5.78 Å². The van der Waals surface area contributed by atoms with E-state index in [9.17, 15) is 10.0 Å². The first-order chi connectivity index (χ1) is 8.18. The molecule has 1 aliphatic rings. The number of benzene rings is 1. The third-order valence-electron chi connectivity index (χ3n) is 3.35. The number of ketones is 1. The van der Waals surface area contributed by atoms with Crippen LogP contribution in [0.25, 0.3) is 10.9 Å². The highest BCUT2D eigenvalue weighted by molar-refractivity contribution is 5.93. The van der Waals surface area contributed by atoms with Gasteiger partial charge in [0.2, 0.25) is 5.52 Å². The van der Waals surface area contributed by atoms with Gasteiger partial charge in [-0.3, -0.25) is 4.79 Å². The molecule has 86 valence electrons. The quantitative estimate of drug-likeness (QED) is 0.542. The third kappa shape index (κ3) is 1.37. The van der Waals surface area contributed by atoms with Crippen LogP contribution in [0, 0.1) is 5.21 Å². The minimum absolute atomic E-state index is 0.152. The number of hydrogen-bond donors (Lipinski definition) is 1. The molecule has 0 unspecified atom stereocenters. The van der Waals surface area contributed by atoms with Crippen molar-refractivity contribution in [3.05, 3.63) is 40.7 Å². The first kappa shape index (κ1) is 10.1. The van der Waals surface area contributed by atoms with Gasteiger partial charge in [0.1, 0.15) is 5.78 Å². The standard InChI is InChI=1S/C13H12N2O2/c14-13-9-3-1-2-4-11(9)15(17)12-6-5-8(16)7-10(12)13/h1-4H,5-7,14H2. The highest BCUT2D eigenvalue weighted by Crippen LogP contribution is 2.28. The summed E-state index contributed by atoms with van der Waals surface area (Å²) < 4.78 is 0.924. The second-order valence-corrected chi connectivity index (χ2v) is 4.37. The maximum Gasteiger partial charge on any atom is 0.226 e. The Morgan fingerprint density at radius 3 is 2.82 bits per heavy atom. The van der Waals surface area contributed by atoms with Crippen LogP contribution in [0.5, 0.6) is 0 Å². The Bertz CT molecular complexity index is 635. The molecular formula is C13H12N2O2.